The van der Waals surface area contributed by atoms with Gasteiger partial charge in [-0.15, -0.1) is 0 Å². The lowest BCUT2D eigenvalue weighted by atomic mass is 9.84. The molecule has 1 saturated heterocycles. The summed E-state index contributed by atoms with van der Waals surface area (Å²) in [5.74, 6) is -0.554. The largest absolute Gasteiger partial charge is 0.385 e. The van der Waals surface area contributed by atoms with Crippen molar-refractivity contribution in [1.82, 2.24) is 4.90 Å². The second-order valence-corrected chi connectivity index (χ2v) is 4.77. The predicted molar refractivity (Wildman–Crippen MR) is 66.4 cm³/mol. The molecule has 0 bridgehead atoms. The highest BCUT2D eigenvalue weighted by atomic mass is 19.1. The van der Waals surface area contributed by atoms with Gasteiger partial charge in [-0.3, -0.25) is 0 Å². The Kier molecular flexibility index (Phi) is 3.65. The van der Waals surface area contributed by atoms with Crippen LogP contribution in [0.15, 0.2) is 18.2 Å². The van der Waals surface area contributed by atoms with Crippen LogP contribution in [0.2, 0.25) is 0 Å². The number of piperidine rings is 1. The van der Waals surface area contributed by atoms with E-state index < -0.39 is 11.4 Å². The lowest BCUT2D eigenvalue weighted by molar-refractivity contribution is -0.0249. The van der Waals surface area contributed by atoms with Gasteiger partial charge in [0.15, 0.2) is 0 Å². The number of hydrogen-bond donors (Lipinski definition) is 1. The number of rotatable bonds is 2. The number of hydrogen-bond acceptors (Lipinski definition) is 3. The Bertz CT molecular complexity index is 473. The first-order valence-electron chi connectivity index (χ1n) is 6.24. The van der Waals surface area contributed by atoms with Crippen molar-refractivity contribution in [2.45, 2.75) is 25.4 Å². The minimum atomic E-state index is -0.958. The van der Waals surface area contributed by atoms with Crippen LogP contribution in [-0.4, -0.2) is 29.6 Å². The van der Waals surface area contributed by atoms with E-state index in [1.54, 1.807) is 12.1 Å². The second-order valence-electron chi connectivity index (χ2n) is 4.77. The van der Waals surface area contributed by atoms with E-state index in [2.05, 4.69) is 11.8 Å². The molecule has 0 atom stereocenters. The Labute approximate surface area is 106 Å². The first-order chi connectivity index (χ1) is 8.59. The molecule has 18 heavy (non-hydrogen) atoms. The average Bonchev–Trinajstić information content (AvgIpc) is 2.39. The zero-order chi connectivity index (χ0) is 13.2. The minimum Gasteiger partial charge on any atom is -0.385 e. The van der Waals surface area contributed by atoms with Gasteiger partial charge in [-0.2, -0.15) is 5.26 Å². The molecular formula is C14H17FN2O. The smallest absolute Gasteiger partial charge is 0.141 e. The third-order valence-electron chi connectivity index (χ3n) is 3.76. The lowest BCUT2D eigenvalue weighted by Gasteiger charge is -2.38. The van der Waals surface area contributed by atoms with Gasteiger partial charge in [0.05, 0.1) is 11.2 Å². The summed E-state index contributed by atoms with van der Waals surface area (Å²) in [7, 11) is 0. The van der Waals surface area contributed by atoms with Gasteiger partial charge in [0.2, 0.25) is 0 Å². The van der Waals surface area contributed by atoms with Gasteiger partial charge >= 0.3 is 0 Å². The number of nitrogens with zero attached hydrogens (tertiary/aromatic N) is 2. The zero-order valence-corrected chi connectivity index (χ0v) is 10.5. The van der Waals surface area contributed by atoms with Gasteiger partial charge in [0, 0.05) is 13.1 Å². The number of nitriles is 1. The maximum atomic E-state index is 13.6. The van der Waals surface area contributed by atoms with Crippen molar-refractivity contribution >= 4 is 0 Å². The maximum absolute atomic E-state index is 13.6. The first kappa shape index (κ1) is 13.0. The van der Waals surface area contributed by atoms with Crippen molar-refractivity contribution in [3.05, 3.63) is 35.1 Å². The fourth-order valence-corrected chi connectivity index (χ4v) is 2.42. The monoisotopic (exact) mass is 248 g/mol. The summed E-state index contributed by atoms with van der Waals surface area (Å²) in [6.07, 6.45) is 1.21. The molecule has 0 radical (unpaired) electrons. The van der Waals surface area contributed by atoms with Crippen molar-refractivity contribution < 1.29 is 9.50 Å². The van der Waals surface area contributed by atoms with Crippen LogP contribution in [0, 0.1) is 17.1 Å². The number of halogens is 1. The Morgan fingerprint density at radius 1 is 1.44 bits per heavy atom. The summed E-state index contributed by atoms with van der Waals surface area (Å²) in [6.45, 7) is 4.69. The van der Waals surface area contributed by atoms with Crippen molar-refractivity contribution in [1.29, 1.82) is 5.26 Å². The molecule has 3 nitrogen and oxygen atoms in total. The Hall–Kier alpha value is -1.44. The molecule has 0 aliphatic carbocycles. The molecule has 1 aliphatic heterocycles. The standard InChI is InChI=1S/C14H17FN2O/c1-2-17-7-5-14(18,6-8-17)12-4-3-11(10-16)13(15)9-12/h3-4,9,18H,2,5-8H2,1H3. The maximum Gasteiger partial charge on any atom is 0.141 e. The van der Waals surface area contributed by atoms with E-state index in [1.165, 1.54) is 12.1 Å². The minimum absolute atomic E-state index is 0.0216. The Balaban J connectivity index is 2.21. The second kappa shape index (κ2) is 5.05. The van der Waals surface area contributed by atoms with Gasteiger partial charge in [0.1, 0.15) is 11.9 Å². The molecule has 96 valence electrons. The van der Waals surface area contributed by atoms with E-state index in [0.717, 1.165) is 19.6 Å². The molecule has 0 spiro atoms. The summed E-state index contributed by atoms with van der Waals surface area (Å²) < 4.78 is 13.6. The third-order valence-corrected chi connectivity index (χ3v) is 3.76. The van der Waals surface area contributed by atoms with E-state index >= 15 is 0 Å². The van der Waals surface area contributed by atoms with Crippen LogP contribution in [-0.2, 0) is 5.60 Å². The van der Waals surface area contributed by atoms with Gasteiger partial charge in [0.25, 0.3) is 0 Å². The van der Waals surface area contributed by atoms with E-state index in [-0.39, 0.29) is 5.56 Å². The number of benzene rings is 1. The van der Waals surface area contributed by atoms with Gasteiger partial charge < -0.3 is 10.0 Å². The molecule has 0 aromatic heterocycles. The van der Waals surface area contributed by atoms with Crippen LogP contribution in [0.5, 0.6) is 0 Å². The van der Waals surface area contributed by atoms with Crippen molar-refractivity contribution in [3.8, 4) is 6.07 Å². The van der Waals surface area contributed by atoms with E-state index in [0.29, 0.717) is 18.4 Å². The van der Waals surface area contributed by atoms with Crippen LogP contribution in [0.3, 0.4) is 0 Å². The average molecular weight is 248 g/mol. The quantitative estimate of drug-likeness (QED) is 0.870. The summed E-state index contributed by atoms with van der Waals surface area (Å²) in [5.41, 5.74) is -0.358. The van der Waals surface area contributed by atoms with Crippen LogP contribution in [0.4, 0.5) is 4.39 Å². The fraction of sp³-hybridized carbons (Fsp3) is 0.500. The van der Waals surface area contributed by atoms with Crippen molar-refractivity contribution in [2.24, 2.45) is 0 Å². The summed E-state index contributed by atoms with van der Waals surface area (Å²) in [5, 5.41) is 19.3. The van der Waals surface area contributed by atoms with Crippen LogP contribution >= 0.6 is 0 Å². The molecule has 4 heteroatoms. The molecule has 0 amide bonds. The van der Waals surface area contributed by atoms with Crippen LogP contribution in [0.1, 0.15) is 30.9 Å². The normalized spacial score (nSPS) is 19.4. The van der Waals surface area contributed by atoms with Gasteiger partial charge in [-0.05, 0) is 37.1 Å². The highest BCUT2D eigenvalue weighted by molar-refractivity contribution is 5.35. The predicted octanol–water partition coefficient (Wildman–Crippen LogP) is 2.00. The van der Waals surface area contributed by atoms with Crippen molar-refractivity contribution in [3.63, 3.8) is 0 Å². The molecule has 2 rings (SSSR count). The Morgan fingerprint density at radius 3 is 2.61 bits per heavy atom. The molecule has 1 heterocycles. The lowest BCUT2D eigenvalue weighted by Crippen LogP contribution is -2.42. The van der Waals surface area contributed by atoms with E-state index in [1.807, 2.05) is 0 Å². The molecule has 1 fully saturated rings. The molecule has 0 saturated carbocycles. The number of aliphatic hydroxyl groups is 1. The summed E-state index contributed by atoms with van der Waals surface area (Å²) in [6, 6.07) is 6.18. The van der Waals surface area contributed by atoms with E-state index in [9.17, 15) is 9.50 Å². The first-order valence-corrected chi connectivity index (χ1v) is 6.24. The van der Waals surface area contributed by atoms with Crippen LogP contribution < -0.4 is 0 Å². The van der Waals surface area contributed by atoms with Gasteiger partial charge in [-0.1, -0.05) is 13.0 Å². The summed E-state index contributed by atoms with van der Waals surface area (Å²) in [4.78, 5) is 2.26. The number of likely N-dealkylation sites (tertiary alicyclic amines) is 1. The molecule has 0 unspecified atom stereocenters. The SMILES string of the molecule is CCN1CCC(O)(c2ccc(C#N)c(F)c2)CC1. The zero-order valence-electron chi connectivity index (χ0n) is 10.5. The topological polar surface area (TPSA) is 47.3 Å². The molecule has 1 aliphatic rings. The highest BCUT2D eigenvalue weighted by Gasteiger charge is 2.33. The van der Waals surface area contributed by atoms with Crippen LogP contribution in [0.25, 0.3) is 0 Å². The molecule has 1 N–H and O–H groups in total. The molecule has 1 aromatic carbocycles. The third kappa shape index (κ3) is 2.38. The summed E-state index contributed by atoms with van der Waals surface area (Å²) >= 11 is 0. The van der Waals surface area contributed by atoms with Crippen molar-refractivity contribution in [2.75, 3.05) is 19.6 Å². The molecule has 1 aromatic rings. The molecular weight excluding hydrogens is 231 g/mol. The fourth-order valence-electron chi connectivity index (χ4n) is 2.42. The van der Waals surface area contributed by atoms with E-state index in [4.69, 9.17) is 5.26 Å². The van der Waals surface area contributed by atoms with Gasteiger partial charge in [-0.25, -0.2) is 4.39 Å². The Morgan fingerprint density at radius 2 is 2.11 bits per heavy atom. The highest BCUT2D eigenvalue weighted by Crippen LogP contribution is 2.33.